The van der Waals surface area contributed by atoms with E-state index in [9.17, 15) is 13.2 Å². The number of ether oxygens (including phenoxy) is 1. The number of nitrogens with zero attached hydrogens (tertiary/aromatic N) is 2. The van der Waals surface area contributed by atoms with Crippen molar-refractivity contribution >= 4 is 15.7 Å². The lowest BCUT2D eigenvalue weighted by atomic mass is 10.1. The van der Waals surface area contributed by atoms with Crippen LogP contribution >= 0.6 is 0 Å². The fourth-order valence-electron chi connectivity index (χ4n) is 3.67. The number of benzene rings is 1. The molecule has 1 aromatic rings. The molecule has 2 aliphatic rings. The third-order valence-electron chi connectivity index (χ3n) is 5.30. The van der Waals surface area contributed by atoms with E-state index in [0.717, 1.165) is 18.6 Å². The third kappa shape index (κ3) is 4.98. The molecule has 0 aliphatic carbocycles. The molecule has 1 amide bonds. The maximum absolute atomic E-state index is 12.5. The first-order valence-corrected chi connectivity index (χ1v) is 11.1. The largest absolute Gasteiger partial charge is 0.490 e. The van der Waals surface area contributed by atoms with Crippen LogP contribution in [0.25, 0.3) is 0 Å². The molecule has 1 aromatic carbocycles. The van der Waals surface area contributed by atoms with E-state index in [1.807, 2.05) is 48.0 Å². The quantitative estimate of drug-likeness (QED) is 0.774. The number of hydrogen-bond acceptors (Lipinski definition) is 5. The molecule has 0 bridgehead atoms. The zero-order chi connectivity index (χ0) is 18.7. The van der Waals surface area contributed by atoms with Crippen molar-refractivity contribution in [2.75, 3.05) is 38.2 Å². The third-order valence-corrected chi connectivity index (χ3v) is 7.05. The number of likely N-dealkylation sites (N-methyl/N-ethyl adjacent to an activating group) is 1. The summed E-state index contributed by atoms with van der Waals surface area (Å²) in [4.78, 5) is 16.3. The molecule has 0 aromatic heterocycles. The van der Waals surface area contributed by atoms with Gasteiger partial charge < -0.3 is 9.64 Å². The average molecular weight is 381 g/mol. The van der Waals surface area contributed by atoms with Crippen molar-refractivity contribution in [3.8, 4) is 5.75 Å². The van der Waals surface area contributed by atoms with Crippen LogP contribution in [0.1, 0.15) is 24.8 Å². The SMILES string of the molecule is Cc1cccc(OC2CCN(C(=O)CN(C)[C@H]3CCS(=O)(=O)C3)CC2)c1. The van der Waals surface area contributed by atoms with Gasteiger partial charge in [0.2, 0.25) is 5.91 Å². The zero-order valence-corrected chi connectivity index (χ0v) is 16.4. The second-order valence-corrected chi connectivity index (χ2v) is 9.72. The van der Waals surface area contributed by atoms with Gasteiger partial charge in [-0.1, -0.05) is 12.1 Å². The van der Waals surface area contributed by atoms with Crippen LogP contribution in [-0.4, -0.2) is 74.5 Å². The Balaban J connectivity index is 1.45. The van der Waals surface area contributed by atoms with Gasteiger partial charge in [0.15, 0.2) is 9.84 Å². The minimum Gasteiger partial charge on any atom is -0.490 e. The van der Waals surface area contributed by atoms with Crippen molar-refractivity contribution in [2.45, 2.75) is 38.3 Å². The Labute approximate surface area is 156 Å². The van der Waals surface area contributed by atoms with E-state index < -0.39 is 9.84 Å². The molecule has 0 N–H and O–H groups in total. The van der Waals surface area contributed by atoms with E-state index in [1.165, 1.54) is 5.56 Å². The molecule has 26 heavy (non-hydrogen) atoms. The topological polar surface area (TPSA) is 66.9 Å². The predicted molar refractivity (Wildman–Crippen MR) is 101 cm³/mol. The monoisotopic (exact) mass is 380 g/mol. The Morgan fingerprint density at radius 1 is 1.27 bits per heavy atom. The molecule has 7 heteroatoms. The molecule has 0 radical (unpaired) electrons. The van der Waals surface area contributed by atoms with Gasteiger partial charge in [-0.3, -0.25) is 9.69 Å². The lowest BCUT2D eigenvalue weighted by Crippen LogP contribution is -2.47. The van der Waals surface area contributed by atoms with Crippen LogP contribution in [-0.2, 0) is 14.6 Å². The molecule has 2 saturated heterocycles. The number of aryl methyl sites for hydroxylation is 1. The standard InChI is InChI=1S/C19H28N2O4S/c1-15-4-3-5-18(12-15)25-17-6-9-21(10-7-17)19(22)13-20(2)16-8-11-26(23,24)14-16/h3-5,12,16-17H,6-11,13-14H2,1-2H3/t16-/m0/s1. The van der Waals surface area contributed by atoms with Gasteiger partial charge in [0.25, 0.3) is 0 Å². The van der Waals surface area contributed by atoms with E-state index in [-0.39, 0.29) is 36.1 Å². The second kappa shape index (κ2) is 7.96. The summed E-state index contributed by atoms with van der Waals surface area (Å²) in [5.41, 5.74) is 1.17. The zero-order valence-electron chi connectivity index (χ0n) is 15.6. The van der Waals surface area contributed by atoms with Crippen LogP contribution in [0, 0.1) is 6.92 Å². The number of sulfone groups is 1. The normalized spacial score (nSPS) is 23.3. The Hall–Kier alpha value is -1.60. The fourth-order valence-corrected chi connectivity index (χ4v) is 5.47. The van der Waals surface area contributed by atoms with E-state index in [4.69, 9.17) is 4.74 Å². The van der Waals surface area contributed by atoms with Gasteiger partial charge in [-0.2, -0.15) is 0 Å². The van der Waals surface area contributed by atoms with Crippen molar-refractivity contribution < 1.29 is 17.9 Å². The molecule has 3 rings (SSSR count). The molecule has 0 spiro atoms. The van der Waals surface area contributed by atoms with Crippen molar-refractivity contribution in [2.24, 2.45) is 0 Å². The molecular weight excluding hydrogens is 352 g/mol. The number of carbonyl (C=O) groups is 1. The van der Waals surface area contributed by atoms with Crippen LogP contribution in [0.4, 0.5) is 0 Å². The first-order chi connectivity index (χ1) is 12.3. The van der Waals surface area contributed by atoms with Gasteiger partial charge in [-0.05, 0) is 38.1 Å². The van der Waals surface area contributed by atoms with Crippen molar-refractivity contribution in [3.63, 3.8) is 0 Å². The highest BCUT2D eigenvalue weighted by molar-refractivity contribution is 7.91. The predicted octanol–water partition coefficient (Wildman–Crippen LogP) is 1.48. The summed E-state index contributed by atoms with van der Waals surface area (Å²) in [5.74, 6) is 1.36. The van der Waals surface area contributed by atoms with Crippen molar-refractivity contribution in [3.05, 3.63) is 29.8 Å². The van der Waals surface area contributed by atoms with Crippen molar-refractivity contribution in [1.29, 1.82) is 0 Å². The van der Waals surface area contributed by atoms with Gasteiger partial charge >= 0.3 is 0 Å². The van der Waals surface area contributed by atoms with E-state index in [1.54, 1.807) is 0 Å². The number of piperidine rings is 1. The molecule has 6 nitrogen and oxygen atoms in total. The minimum absolute atomic E-state index is 0.0360. The summed E-state index contributed by atoms with van der Waals surface area (Å²) in [6, 6.07) is 7.99. The van der Waals surface area contributed by atoms with Gasteiger partial charge in [0, 0.05) is 32.0 Å². The maximum atomic E-state index is 12.5. The van der Waals surface area contributed by atoms with Crippen molar-refractivity contribution in [1.82, 2.24) is 9.80 Å². The lowest BCUT2D eigenvalue weighted by Gasteiger charge is -2.34. The molecule has 2 aliphatic heterocycles. The Bertz CT molecular complexity index is 742. The molecule has 144 valence electrons. The summed E-state index contributed by atoms with van der Waals surface area (Å²) in [6.07, 6.45) is 2.40. The van der Waals surface area contributed by atoms with Crippen LogP contribution in [0.15, 0.2) is 24.3 Å². The molecule has 0 saturated carbocycles. The van der Waals surface area contributed by atoms with Gasteiger partial charge in [-0.25, -0.2) is 8.42 Å². The highest BCUT2D eigenvalue weighted by atomic mass is 32.2. The van der Waals surface area contributed by atoms with E-state index in [0.29, 0.717) is 19.5 Å². The number of hydrogen-bond donors (Lipinski definition) is 0. The Morgan fingerprint density at radius 2 is 2.00 bits per heavy atom. The lowest BCUT2D eigenvalue weighted by molar-refractivity contribution is -0.134. The molecule has 2 fully saturated rings. The molecular formula is C19H28N2O4S. The number of carbonyl (C=O) groups excluding carboxylic acids is 1. The fraction of sp³-hybridized carbons (Fsp3) is 0.632. The number of likely N-dealkylation sites (tertiary alicyclic amines) is 1. The highest BCUT2D eigenvalue weighted by Crippen LogP contribution is 2.21. The smallest absolute Gasteiger partial charge is 0.236 e. The van der Waals surface area contributed by atoms with Crippen LogP contribution in [0.5, 0.6) is 5.75 Å². The van der Waals surface area contributed by atoms with Crippen LogP contribution < -0.4 is 4.74 Å². The number of rotatable bonds is 5. The molecule has 1 atom stereocenters. The van der Waals surface area contributed by atoms with Gasteiger partial charge in [0.1, 0.15) is 11.9 Å². The first-order valence-electron chi connectivity index (χ1n) is 9.24. The minimum atomic E-state index is -2.92. The summed E-state index contributed by atoms with van der Waals surface area (Å²) in [7, 11) is -1.08. The average Bonchev–Trinajstić information content (AvgIpc) is 2.95. The summed E-state index contributed by atoms with van der Waals surface area (Å²) in [6.45, 7) is 3.70. The first kappa shape index (κ1) is 19.2. The second-order valence-electron chi connectivity index (χ2n) is 7.49. The van der Waals surface area contributed by atoms with Crippen LogP contribution in [0.3, 0.4) is 0 Å². The maximum Gasteiger partial charge on any atom is 0.236 e. The van der Waals surface area contributed by atoms with E-state index in [2.05, 4.69) is 0 Å². The summed E-state index contributed by atoms with van der Waals surface area (Å²) >= 11 is 0. The Morgan fingerprint density at radius 3 is 2.62 bits per heavy atom. The molecule has 0 unspecified atom stereocenters. The highest BCUT2D eigenvalue weighted by Gasteiger charge is 2.32. The Kier molecular flexibility index (Phi) is 5.87. The van der Waals surface area contributed by atoms with E-state index >= 15 is 0 Å². The number of amides is 1. The summed E-state index contributed by atoms with van der Waals surface area (Å²) < 4.78 is 29.2. The van der Waals surface area contributed by atoms with Crippen LogP contribution in [0.2, 0.25) is 0 Å². The summed E-state index contributed by atoms with van der Waals surface area (Å²) in [5, 5.41) is 0. The van der Waals surface area contributed by atoms with Gasteiger partial charge in [-0.15, -0.1) is 0 Å². The van der Waals surface area contributed by atoms with Gasteiger partial charge in [0.05, 0.1) is 18.1 Å². The molecule has 2 heterocycles.